The number of ketones is 2. The molecule has 2 aromatic rings. The Balaban J connectivity index is 0.00000341. The van der Waals surface area contributed by atoms with Crippen LogP contribution < -0.4 is 9.47 Å². The molecule has 0 saturated heterocycles. The third-order valence-electron chi connectivity index (χ3n) is 4.90. The van der Waals surface area contributed by atoms with E-state index in [0.717, 1.165) is 0 Å². The zero-order valence-electron chi connectivity index (χ0n) is 19.0. The quantitative estimate of drug-likeness (QED) is 0.527. The van der Waals surface area contributed by atoms with Gasteiger partial charge >= 0.3 is 0 Å². The molecule has 7 heteroatoms. The van der Waals surface area contributed by atoms with Crippen LogP contribution in [0.15, 0.2) is 36.4 Å². The molecule has 0 fully saturated rings. The molecule has 0 spiro atoms. The van der Waals surface area contributed by atoms with Gasteiger partial charge in [0.05, 0.1) is 11.1 Å². The van der Waals surface area contributed by atoms with Gasteiger partial charge in [0.2, 0.25) is 0 Å². The van der Waals surface area contributed by atoms with E-state index in [1.807, 2.05) is 51.8 Å². The number of ether oxygens (including phenoxy) is 2. The van der Waals surface area contributed by atoms with E-state index in [-0.39, 0.29) is 36.2 Å². The molecule has 3 rings (SSSR count). The second-order valence-electron chi connectivity index (χ2n) is 8.40. The molecule has 168 valence electrons. The summed E-state index contributed by atoms with van der Waals surface area (Å²) >= 11 is 0. The van der Waals surface area contributed by atoms with E-state index in [1.165, 1.54) is 0 Å². The zero-order valence-corrected chi connectivity index (χ0v) is 19.8. The number of hydrogen-bond donors (Lipinski definition) is 0. The molecule has 0 heterocycles. The fraction of sp³-hybridized carbons (Fsp3) is 0.417. The Hall–Kier alpha value is -2.41. The predicted molar refractivity (Wildman–Crippen MR) is 124 cm³/mol. The number of carbonyl (C=O) groups excluding carboxylic acids is 2. The minimum absolute atomic E-state index is 0. The minimum atomic E-state index is -0.210. The number of likely N-dealkylation sites (N-methyl/N-ethyl adjacent to an activating group) is 2. The molecule has 0 aromatic heterocycles. The molecule has 1 aliphatic rings. The van der Waals surface area contributed by atoms with Crippen LogP contribution in [0.1, 0.15) is 45.7 Å². The third kappa shape index (κ3) is 5.45. The maximum absolute atomic E-state index is 13.4. The van der Waals surface area contributed by atoms with Crippen molar-refractivity contribution < 1.29 is 19.1 Å². The largest absolute Gasteiger partial charge is 0.489 e. The Morgan fingerprint density at radius 2 is 1.06 bits per heavy atom. The molecule has 0 saturated carbocycles. The van der Waals surface area contributed by atoms with Crippen LogP contribution in [0.2, 0.25) is 0 Å². The van der Waals surface area contributed by atoms with E-state index in [4.69, 9.17) is 9.47 Å². The van der Waals surface area contributed by atoms with Crippen molar-refractivity contribution in [3.63, 3.8) is 0 Å². The SMILES string of the molecule is CC(CN(C)C)Oc1ccc(OC(C)CN(C)C)c2c1C(=O)c1ccccc1C2=O.Cl. The molecule has 2 aromatic carbocycles. The number of nitrogens with zero attached hydrogens (tertiary/aromatic N) is 2. The van der Waals surface area contributed by atoms with Gasteiger partial charge in [0, 0.05) is 24.2 Å². The number of hydrogen-bond acceptors (Lipinski definition) is 6. The van der Waals surface area contributed by atoms with Crippen molar-refractivity contribution in [1.29, 1.82) is 0 Å². The lowest BCUT2D eigenvalue weighted by Gasteiger charge is -2.27. The Morgan fingerprint density at radius 1 is 0.710 bits per heavy atom. The fourth-order valence-electron chi connectivity index (χ4n) is 3.90. The van der Waals surface area contributed by atoms with Crippen molar-refractivity contribution >= 4 is 24.0 Å². The second-order valence-corrected chi connectivity index (χ2v) is 8.40. The van der Waals surface area contributed by atoms with E-state index in [9.17, 15) is 9.59 Å². The van der Waals surface area contributed by atoms with E-state index in [0.29, 0.717) is 46.8 Å². The topological polar surface area (TPSA) is 59.1 Å². The average molecular weight is 447 g/mol. The molecule has 0 aliphatic heterocycles. The van der Waals surface area contributed by atoms with Crippen molar-refractivity contribution in [2.24, 2.45) is 0 Å². The lowest BCUT2D eigenvalue weighted by molar-refractivity contribution is 0.0963. The summed E-state index contributed by atoms with van der Waals surface area (Å²) in [6.45, 7) is 5.26. The first-order valence-corrected chi connectivity index (χ1v) is 10.2. The molecule has 0 radical (unpaired) electrons. The predicted octanol–water partition coefficient (Wildman–Crippen LogP) is 3.54. The van der Waals surface area contributed by atoms with Gasteiger partial charge in [-0.15, -0.1) is 12.4 Å². The number of benzene rings is 2. The van der Waals surface area contributed by atoms with Crippen LogP contribution in [0.4, 0.5) is 0 Å². The molecule has 31 heavy (non-hydrogen) atoms. The van der Waals surface area contributed by atoms with Crippen LogP contribution in [0.5, 0.6) is 11.5 Å². The molecule has 1 aliphatic carbocycles. The Morgan fingerprint density at radius 3 is 1.39 bits per heavy atom. The van der Waals surface area contributed by atoms with Gasteiger partial charge in [-0.05, 0) is 54.2 Å². The van der Waals surface area contributed by atoms with E-state index in [2.05, 4.69) is 0 Å². The van der Waals surface area contributed by atoms with Gasteiger partial charge < -0.3 is 19.3 Å². The first-order valence-electron chi connectivity index (χ1n) is 10.2. The van der Waals surface area contributed by atoms with Gasteiger partial charge in [-0.2, -0.15) is 0 Å². The van der Waals surface area contributed by atoms with Crippen LogP contribution >= 0.6 is 12.4 Å². The van der Waals surface area contributed by atoms with Crippen LogP contribution in [0, 0.1) is 0 Å². The molecular formula is C24H31ClN2O4. The summed E-state index contributed by atoms with van der Waals surface area (Å²) in [5, 5.41) is 0. The maximum Gasteiger partial charge on any atom is 0.198 e. The van der Waals surface area contributed by atoms with Crippen molar-refractivity contribution in [2.75, 3.05) is 41.3 Å². The monoisotopic (exact) mass is 446 g/mol. The fourth-order valence-corrected chi connectivity index (χ4v) is 3.90. The first kappa shape index (κ1) is 24.9. The smallest absolute Gasteiger partial charge is 0.198 e. The average Bonchev–Trinajstić information content (AvgIpc) is 2.65. The highest BCUT2D eigenvalue weighted by Crippen LogP contribution is 2.39. The summed E-state index contributed by atoms with van der Waals surface area (Å²) in [5.74, 6) is 0.413. The molecule has 6 nitrogen and oxygen atoms in total. The van der Waals surface area contributed by atoms with Crippen LogP contribution in [-0.4, -0.2) is 74.9 Å². The minimum Gasteiger partial charge on any atom is -0.489 e. The standard InChI is InChI=1S/C24H30N2O4.ClH/c1-15(13-25(3)4)29-19-11-12-20(30-16(2)14-26(5)6)22-21(19)23(27)17-9-7-8-10-18(17)24(22)28;/h7-12,15-16H,13-14H2,1-6H3;1H. The van der Waals surface area contributed by atoms with Crippen molar-refractivity contribution in [3.8, 4) is 11.5 Å². The lowest BCUT2D eigenvalue weighted by atomic mass is 9.83. The van der Waals surface area contributed by atoms with Crippen molar-refractivity contribution in [1.82, 2.24) is 9.80 Å². The summed E-state index contributed by atoms with van der Waals surface area (Å²) in [4.78, 5) is 30.8. The summed E-state index contributed by atoms with van der Waals surface area (Å²) in [5.41, 5.74) is 1.38. The molecular weight excluding hydrogens is 416 g/mol. The summed E-state index contributed by atoms with van der Waals surface area (Å²) in [6, 6.07) is 10.4. The molecule has 0 amide bonds. The molecule has 0 N–H and O–H groups in total. The third-order valence-corrected chi connectivity index (χ3v) is 4.90. The summed E-state index contributed by atoms with van der Waals surface area (Å²) < 4.78 is 12.2. The van der Waals surface area contributed by atoms with Gasteiger partial charge in [-0.25, -0.2) is 0 Å². The molecule has 2 atom stereocenters. The highest BCUT2D eigenvalue weighted by molar-refractivity contribution is 6.30. The van der Waals surface area contributed by atoms with Gasteiger partial charge in [0.25, 0.3) is 0 Å². The second kappa shape index (κ2) is 10.3. The highest BCUT2D eigenvalue weighted by atomic mass is 35.5. The number of carbonyl (C=O) groups is 2. The van der Waals surface area contributed by atoms with Crippen LogP contribution in [0.3, 0.4) is 0 Å². The Kier molecular flexibility index (Phi) is 8.23. The van der Waals surface area contributed by atoms with Crippen molar-refractivity contribution in [3.05, 3.63) is 58.7 Å². The maximum atomic E-state index is 13.4. The summed E-state index contributed by atoms with van der Waals surface area (Å²) in [6.07, 6.45) is -0.299. The van der Waals surface area contributed by atoms with Gasteiger partial charge in [-0.3, -0.25) is 9.59 Å². The molecule has 2 unspecified atom stereocenters. The Bertz CT molecular complexity index is 883. The van der Waals surface area contributed by atoms with Gasteiger partial charge in [0.15, 0.2) is 11.6 Å². The van der Waals surface area contributed by atoms with E-state index < -0.39 is 0 Å². The first-order chi connectivity index (χ1) is 14.2. The van der Waals surface area contributed by atoms with Crippen molar-refractivity contribution in [2.45, 2.75) is 26.1 Å². The van der Waals surface area contributed by atoms with Gasteiger partial charge in [-0.1, -0.05) is 24.3 Å². The van der Waals surface area contributed by atoms with E-state index in [1.54, 1.807) is 36.4 Å². The van der Waals surface area contributed by atoms with E-state index >= 15 is 0 Å². The van der Waals surface area contributed by atoms with Gasteiger partial charge in [0.1, 0.15) is 23.7 Å². The normalized spacial score (nSPS) is 14.6. The lowest BCUT2D eigenvalue weighted by Crippen LogP contribution is -2.31. The number of fused-ring (bicyclic) bond motifs is 2. The summed E-state index contributed by atoms with van der Waals surface area (Å²) in [7, 11) is 7.85. The molecule has 0 bridgehead atoms. The number of rotatable bonds is 8. The Labute approximate surface area is 190 Å². The van der Waals surface area contributed by atoms with Crippen LogP contribution in [0.25, 0.3) is 0 Å². The highest BCUT2D eigenvalue weighted by Gasteiger charge is 2.35. The zero-order chi connectivity index (χ0) is 22.0. The number of halogens is 1. The van der Waals surface area contributed by atoms with Crippen LogP contribution in [-0.2, 0) is 0 Å².